The fraction of sp³-hybridized carbons (Fsp3) is 0.636. The highest BCUT2D eigenvalue weighted by Gasteiger charge is 2.49. The van der Waals surface area contributed by atoms with Gasteiger partial charge in [-0.3, -0.25) is 4.79 Å². The molecular weight excluding hydrogens is 370 g/mol. The molecule has 3 heterocycles. The topological polar surface area (TPSA) is 73.3 Å². The normalized spacial score (nSPS) is 28.1. The standard InChI is InChI=1S/C22H31N3O4/c1-3-29-21(27)24-12-8-16(9-13-24)14-23-11-10-17(15-23)25-19-7-5-4-6-18(19)22(2,28)20(25)26/h4-7,16-17,28H,3,8-15H2,1-2H3/t17-,22+/m0/s1. The summed E-state index contributed by atoms with van der Waals surface area (Å²) in [6.45, 7) is 8.12. The average Bonchev–Trinajstić information content (AvgIpc) is 3.24. The molecule has 0 saturated carbocycles. The first kappa shape index (κ1) is 20.2. The fourth-order valence-corrected chi connectivity index (χ4v) is 4.98. The van der Waals surface area contributed by atoms with Gasteiger partial charge in [-0.15, -0.1) is 0 Å². The summed E-state index contributed by atoms with van der Waals surface area (Å²) in [5.74, 6) is 0.345. The van der Waals surface area contributed by atoms with Crippen molar-refractivity contribution in [3.05, 3.63) is 29.8 Å². The molecule has 0 aliphatic carbocycles. The van der Waals surface area contributed by atoms with E-state index in [1.807, 2.05) is 36.1 Å². The van der Waals surface area contributed by atoms with E-state index in [9.17, 15) is 14.7 Å². The number of benzene rings is 1. The highest BCUT2D eigenvalue weighted by atomic mass is 16.6. The first-order valence-electron chi connectivity index (χ1n) is 10.7. The van der Waals surface area contributed by atoms with E-state index in [0.29, 0.717) is 18.1 Å². The molecule has 29 heavy (non-hydrogen) atoms. The van der Waals surface area contributed by atoms with Crippen molar-refractivity contribution in [1.29, 1.82) is 0 Å². The van der Waals surface area contributed by atoms with Gasteiger partial charge < -0.3 is 24.5 Å². The third-order valence-corrected chi connectivity index (χ3v) is 6.59. The van der Waals surface area contributed by atoms with Crippen LogP contribution >= 0.6 is 0 Å². The van der Waals surface area contributed by atoms with Gasteiger partial charge in [0.25, 0.3) is 5.91 Å². The second-order valence-electron chi connectivity index (χ2n) is 8.60. The lowest BCUT2D eigenvalue weighted by molar-refractivity contribution is -0.134. The van der Waals surface area contributed by atoms with Crippen LogP contribution in [0.1, 0.15) is 38.7 Å². The van der Waals surface area contributed by atoms with E-state index in [4.69, 9.17) is 4.74 Å². The van der Waals surface area contributed by atoms with E-state index in [1.54, 1.807) is 11.8 Å². The Balaban J connectivity index is 1.34. The van der Waals surface area contributed by atoms with Gasteiger partial charge in [-0.2, -0.15) is 0 Å². The Morgan fingerprint density at radius 2 is 1.93 bits per heavy atom. The Morgan fingerprint density at radius 1 is 1.21 bits per heavy atom. The number of nitrogens with zero attached hydrogens (tertiary/aromatic N) is 3. The molecule has 7 nitrogen and oxygen atoms in total. The number of anilines is 1. The van der Waals surface area contributed by atoms with E-state index >= 15 is 0 Å². The SMILES string of the molecule is CCOC(=O)N1CCC(CN2CC[C@H](N3C(=O)[C@](C)(O)c4ccccc43)C2)CC1. The van der Waals surface area contributed by atoms with Crippen LogP contribution in [0.5, 0.6) is 0 Å². The number of carbonyl (C=O) groups excluding carboxylic acids is 2. The van der Waals surface area contributed by atoms with Crippen molar-refractivity contribution in [2.24, 2.45) is 5.92 Å². The van der Waals surface area contributed by atoms with Crippen molar-refractivity contribution in [2.45, 2.75) is 44.8 Å². The Kier molecular flexibility index (Phi) is 5.53. The van der Waals surface area contributed by atoms with Gasteiger partial charge in [-0.1, -0.05) is 18.2 Å². The second kappa shape index (κ2) is 7.95. The lowest BCUT2D eigenvalue weighted by Gasteiger charge is -2.33. The summed E-state index contributed by atoms with van der Waals surface area (Å²) in [6.07, 6.45) is 2.68. The van der Waals surface area contributed by atoms with Gasteiger partial charge in [0.1, 0.15) is 0 Å². The molecule has 4 rings (SSSR count). The van der Waals surface area contributed by atoms with Crippen molar-refractivity contribution in [3.63, 3.8) is 0 Å². The lowest BCUT2D eigenvalue weighted by atomic mass is 9.96. The molecule has 0 spiro atoms. The smallest absolute Gasteiger partial charge is 0.409 e. The minimum atomic E-state index is -1.44. The summed E-state index contributed by atoms with van der Waals surface area (Å²) in [4.78, 5) is 30.8. The number of rotatable bonds is 4. The molecule has 2 atom stereocenters. The zero-order chi connectivity index (χ0) is 20.6. The van der Waals surface area contributed by atoms with Crippen LogP contribution in [0, 0.1) is 5.92 Å². The van der Waals surface area contributed by atoms with Gasteiger partial charge in [0.15, 0.2) is 5.60 Å². The number of aliphatic hydroxyl groups is 1. The highest BCUT2D eigenvalue weighted by molar-refractivity contribution is 6.07. The zero-order valence-electron chi connectivity index (χ0n) is 17.3. The van der Waals surface area contributed by atoms with Gasteiger partial charge in [0.2, 0.25) is 0 Å². The van der Waals surface area contributed by atoms with E-state index in [0.717, 1.165) is 57.7 Å². The third-order valence-electron chi connectivity index (χ3n) is 6.59. The van der Waals surface area contributed by atoms with Crippen molar-refractivity contribution in [3.8, 4) is 0 Å². The number of ether oxygens (including phenoxy) is 1. The van der Waals surface area contributed by atoms with Crippen LogP contribution in [-0.4, -0.2) is 72.3 Å². The molecule has 1 aromatic rings. The molecule has 1 N–H and O–H groups in total. The Hall–Kier alpha value is -2.12. The summed E-state index contributed by atoms with van der Waals surface area (Å²) in [7, 11) is 0. The van der Waals surface area contributed by atoms with Crippen molar-refractivity contribution < 1.29 is 19.4 Å². The molecule has 2 amide bonds. The van der Waals surface area contributed by atoms with Crippen LogP contribution in [0.3, 0.4) is 0 Å². The molecule has 2 fully saturated rings. The molecule has 158 valence electrons. The number of para-hydroxylation sites is 1. The number of amides is 2. The van der Waals surface area contributed by atoms with Crippen molar-refractivity contribution in [2.75, 3.05) is 44.2 Å². The minimum Gasteiger partial charge on any atom is -0.450 e. The number of carbonyl (C=O) groups is 2. The Labute approximate surface area is 172 Å². The zero-order valence-corrected chi connectivity index (χ0v) is 17.3. The maximum atomic E-state index is 12.9. The number of likely N-dealkylation sites (tertiary alicyclic amines) is 2. The van der Waals surface area contributed by atoms with Crippen LogP contribution in [0.4, 0.5) is 10.5 Å². The van der Waals surface area contributed by atoms with Crippen LogP contribution in [-0.2, 0) is 15.1 Å². The van der Waals surface area contributed by atoms with Crippen LogP contribution < -0.4 is 4.90 Å². The maximum absolute atomic E-state index is 12.9. The molecule has 1 aromatic carbocycles. The molecule has 3 aliphatic rings. The first-order chi connectivity index (χ1) is 13.9. The Bertz CT molecular complexity index is 773. The maximum Gasteiger partial charge on any atom is 0.409 e. The number of piperidine rings is 1. The molecule has 2 saturated heterocycles. The van der Waals surface area contributed by atoms with E-state index in [1.165, 1.54) is 0 Å². The lowest BCUT2D eigenvalue weighted by Crippen LogP contribution is -2.46. The monoisotopic (exact) mass is 401 g/mol. The van der Waals surface area contributed by atoms with Gasteiger partial charge in [0.05, 0.1) is 18.3 Å². The van der Waals surface area contributed by atoms with E-state index in [2.05, 4.69) is 4.90 Å². The summed E-state index contributed by atoms with van der Waals surface area (Å²) < 4.78 is 5.10. The predicted molar refractivity (Wildman–Crippen MR) is 110 cm³/mol. The number of hydrogen-bond donors (Lipinski definition) is 1. The summed E-state index contributed by atoms with van der Waals surface area (Å²) >= 11 is 0. The van der Waals surface area contributed by atoms with E-state index in [-0.39, 0.29) is 18.0 Å². The fourth-order valence-electron chi connectivity index (χ4n) is 4.98. The molecular formula is C22H31N3O4. The second-order valence-corrected chi connectivity index (χ2v) is 8.60. The van der Waals surface area contributed by atoms with Crippen LogP contribution in [0.2, 0.25) is 0 Å². The van der Waals surface area contributed by atoms with Gasteiger partial charge in [-0.25, -0.2) is 4.79 Å². The van der Waals surface area contributed by atoms with Crippen molar-refractivity contribution in [1.82, 2.24) is 9.80 Å². The highest BCUT2D eigenvalue weighted by Crippen LogP contribution is 2.42. The number of fused-ring (bicyclic) bond motifs is 1. The van der Waals surface area contributed by atoms with Gasteiger partial charge in [-0.05, 0) is 45.1 Å². The third kappa shape index (κ3) is 3.73. The predicted octanol–water partition coefficient (Wildman–Crippen LogP) is 2.18. The Morgan fingerprint density at radius 3 is 2.66 bits per heavy atom. The molecule has 0 unspecified atom stereocenters. The molecule has 0 radical (unpaired) electrons. The molecule has 3 aliphatic heterocycles. The summed E-state index contributed by atoms with van der Waals surface area (Å²) in [5.41, 5.74) is 0.108. The number of hydrogen-bond acceptors (Lipinski definition) is 5. The summed E-state index contributed by atoms with van der Waals surface area (Å²) in [6, 6.07) is 7.66. The average molecular weight is 402 g/mol. The molecule has 0 bridgehead atoms. The van der Waals surface area contributed by atoms with Gasteiger partial charge in [0, 0.05) is 38.3 Å². The van der Waals surface area contributed by atoms with Crippen molar-refractivity contribution >= 4 is 17.7 Å². The molecule has 0 aromatic heterocycles. The molecule has 7 heteroatoms. The van der Waals surface area contributed by atoms with E-state index < -0.39 is 5.60 Å². The first-order valence-corrected chi connectivity index (χ1v) is 10.7. The summed E-state index contributed by atoms with van der Waals surface area (Å²) in [5, 5.41) is 10.7. The van der Waals surface area contributed by atoms with Crippen LogP contribution in [0.15, 0.2) is 24.3 Å². The van der Waals surface area contributed by atoms with Gasteiger partial charge >= 0.3 is 6.09 Å². The minimum absolute atomic E-state index is 0.0947. The largest absolute Gasteiger partial charge is 0.450 e. The van der Waals surface area contributed by atoms with Crippen LogP contribution in [0.25, 0.3) is 0 Å². The quantitative estimate of drug-likeness (QED) is 0.837.